The number of carbonyl (C=O) groups excluding carboxylic acids is 1. The van der Waals surface area contributed by atoms with Crippen LogP contribution in [0.4, 0.5) is 11.8 Å². The van der Waals surface area contributed by atoms with Gasteiger partial charge in [-0.05, 0) is 75.1 Å². The van der Waals surface area contributed by atoms with Crippen molar-refractivity contribution in [2.75, 3.05) is 43.3 Å². The second-order valence-corrected chi connectivity index (χ2v) is 10.7. The van der Waals surface area contributed by atoms with Gasteiger partial charge in [-0.1, -0.05) is 6.07 Å². The van der Waals surface area contributed by atoms with E-state index in [4.69, 9.17) is 24.2 Å². The fraction of sp³-hybridized carbons (Fsp3) is 0.519. The summed E-state index contributed by atoms with van der Waals surface area (Å²) in [5.41, 5.74) is 2.63. The summed E-state index contributed by atoms with van der Waals surface area (Å²) in [7, 11) is 0. The Balaban J connectivity index is 1.23. The molecule has 190 valence electrons. The molecule has 0 spiro atoms. The topological polar surface area (TPSA) is 85.8 Å². The lowest BCUT2D eigenvalue weighted by atomic mass is 9.96. The molecule has 2 aromatic heterocycles. The van der Waals surface area contributed by atoms with Gasteiger partial charge in [0, 0.05) is 24.5 Å². The van der Waals surface area contributed by atoms with E-state index in [-0.39, 0.29) is 11.9 Å². The Hall–Kier alpha value is -3.07. The van der Waals surface area contributed by atoms with Crippen LogP contribution in [0.25, 0.3) is 10.2 Å². The standard InChI is InChI=1S/C27H32N4O4S/c1-2-33-26(32)18-10-13-31(14-11-18)27-29-24(23-19-5-3-4-6-22(19)36-25(23)30-27)28-12-9-17-7-8-20-21(15-17)35-16-34-20/h7-8,15,18H,2-6,9-14,16H2,1H3,(H,28,29,30). The largest absolute Gasteiger partial charge is 0.466 e. The summed E-state index contributed by atoms with van der Waals surface area (Å²) in [4.78, 5) is 27.0. The van der Waals surface area contributed by atoms with Crippen LogP contribution in [0.15, 0.2) is 18.2 Å². The number of nitrogens with zero attached hydrogens (tertiary/aromatic N) is 3. The molecule has 1 N–H and O–H groups in total. The van der Waals surface area contributed by atoms with E-state index >= 15 is 0 Å². The number of benzene rings is 1. The van der Waals surface area contributed by atoms with Crippen LogP contribution in [0.2, 0.25) is 0 Å². The summed E-state index contributed by atoms with van der Waals surface area (Å²) in [5, 5.41) is 4.85. The zero-order valence-corrected chi connectivity index (χ0v) is 21.5. The van der Waals surface area contributed by atoms with E-state index in [1.807, 2.05) is 24.3 Å². The number of aromatic nitrogens is 2. The van der Waals surface area contributed by atoms with Crippen LogP contribution in [-0.4, -0.2) is 49.0 Å². The summed E-state index contributed by atoms with van der Waals surface area (Å²) in [6, 6.07) is 6.13. The molecule has 36 heavy (non-hydrogen) atoms. The number of hydrogen-bond acceptors (Lipinski definition) is 9. The molecule has 0 radical (unpaired) electrons. The molecule has 6 rings (SSSR count). The van der Waals surface area contributed by atoms with E-state index in [0.717, 1.165) is 79.8 Å². The van der Waals surface area contributed by atoms with E-state index in [9.17, 15) is 4.79 Å². The number of nitrogens with one attached hydrogen (secondary N) is 1. The fourth-order valence-electron chi connectivity index (χ4n) is 5.41. The van der Waals surface area contributed by atoms with Crippen molar-refractivity contribution in [1.29, 1.82) is 0 Å². The summed E-state index contributed by atoms with van der Waals surface area (Å²) in [5.74, 6) is 3.21. The zero-order valence-electron chi connectivity index (χ0n) is 20.7. The number of rotatable bonds is 7. The van der Waals surface area contributed by atoms with Crippen molar-refractivity contribution in [3.8, 4) is 11.5 Å². The van der Waals surface area contributed by atoms with Gasteiger partial charge >= 0.3 is 5.97 Å². The third-order valence-electron chi connectivity index (χ3n) is 7.34. The predicted octanol–water partition coefficient (Wildman–Crippen LogP) is 4.73. The first-order valence-electron chi connectivity index (χ1n) is 13.1. The Morgan fingerprint density at radius 1 is 1.17 bits per heavy atom. The lowest BCUT2D eigenvalue weighted by Gasteiger charge is -2.31. The Labute approximate surface area is 215 Å². The van der Waals surface area contributed by atoms with Crippen molar-refractivity contribution in [1.82, 2.24) is 9.97 Å². The lowest BCUT2D eigenvalue weighted by Crippen LogP contribution is -2.38. The first-order chi connectivity index (χ1) is 17.7. The van der Waals surface area contributed by atoms with Gasteiger partial charge in [-0.3, -0.25) is 4.79 Å². The molecular weight excluding hydrogens is 476 g/mol. The molecule has 0 bridgehead atoms. The lowest BCUT2D eigenvalue weighted by molar-refractivity contribution is -0.148. The highest BCUT2D eigenvalue weighted by Gasteiger charge is 2.29. The van der Waals surface area contributed by atoms with Gasteiger partial charge in [0.2, 0.25) is 12.7 Å². The van der Waals surface area contributed by atoms with Crippen LogP contribution in [0.5, 0.6) is 11.5 Å². The monoisotopic (exact) mass is 508 g/mol. The fourth-order valence-corrected chi connectivity index (χ4v) is 6.67. The maximum absolute atomic E-state index is 12.2. The molecule has 1 aliphatic carbocycles. The van der Waals surface area contributed by atoms with Gasteiger partial charge in [-0.25, -0.2) is 4.98 Å². The number of piperidine rings is 1. The Kier molecular flexibility index (Phi) is 6.56. The molecule has 3 aliphatic rings. The third-order valence-corrected chi connectivity index (χ3v) is 8.53. The Bertz CT molecular complexity index is 1270. The van der Waals surface area contributed by atoms with E-state index in [0.29, 0.717) is 13.4 Å². The second kappa shape index (κ2) is 10.1. The van der Waals surface area contributed by atoms with Gasteiger partial charge in [0.1, 0.15) is 10.6 Å². The molecule has 4 heterocycles. The van der Waals surface area contributed by atoms with Crippen molar-refractivity contribution in [2.24, 2.45) is 5.92 Å². The highest BCUT2D eigenvalue weighted by molar-refractivity contribution is 7.19. The van der Waals surface area contributed by atoms with Crippen LogP contribution >= 0.6 is 11.3 Å². The van der Waals surface area contributed by atoms with Crippen molar-refractivity contribution >= 4 is 39.3 Å². The Morgan fingerprint density at radius 2 is 2.00 bits per heavy atom. The van der Waals surface area contributed by atoms with Crippen LogP contribution < -0.4 is 19.7 Å². The molecule has 1 saturated heterocycles. The van der Waals surface area contributed by atoms with E-state index in [1.54, 1.807) is 0 Å². The number of aryl methyl sites for hydroxylation is 2. The third kappa shape index (κ3) is 4.56. The zero-order chi connectivity index (χ0) is 24.5. The summed E-state index contributed by atoms with van der Waals surface area (Å²) in [6.07, 6.45) is 7.09. The normalized spacial score (nSPS) is 17.3. The van der Waals surface area contributed by atoms with Crippen LogP contribution in [0, 0.1) is 5.92 Å². The average Bonchev–Trinajstić information content (AvgIpc) is 3.53. The first kappa shape index (κ1) is 23.3. The average molecular weight is 509 g/mol. The number of fused-ring (bicyclic) bond motifs is 4. The van der Waals surface area contributed by atoms with E-state index in [2.05, 4.69) is 22.3 Å². The van der Waals surface area contributed by atoms with Gasteiger partial charge in [0.05, 0.1) is 17.9 Å². The quantitative estimate of drug-likeness (QED) is 0.459. The number of carbonyl (C=O) groups is 1. The van der Waals surface area contributed by atoms with Gasteiger partial charge in [0.15, 0.2) is 11.5 Å². The SMILES string of the molecule is CCOC(=O)C1CCN(c2nc(NCCc3ccc4c(c3)OCO4)c3c4c(sc3n2)CCCC4)CC1. The van der Waals surface area contributed by atoms with E-state index in [1.165, 1.54) is 34.2 Å². The molecule has 8 nitrogen and oxygen atoms in total. The minimum atomic E-state index is -0.0784. The van der Waals surface area contributed by atoms with Crippen molar-refractivity contribution in [2.45, 2.75) is 51.9 Å². The number of ether oxygens (including phenoxy) is 3. The van der Waals surface area contributed by atoms with Gasteiger partial charge in [0.25, 0.3) is 0 Å². The molecule has 3 aromatic rings. The van der Waals surface area contributed by atoms with Gasteiger partial charge < -0.3 is 24.4 Å². The summed E-state index contributed by atoms with van der Waals surface area (Å²) in [6.45, 7) is 4.87. The van der Waals surface area contributed by atoms with Crippen LogP contribution in [0.3, 0.4) is 0 Å². The predicted molar refractivity (Wildman–Crippen MR) is 140 cm³/mol. The number of esters is 1. The van der Waals surface area contributed by atoms with Gasteiger partial charge in [-0.15, -0.1) is 11.3 Å². The van der Waals surface area contributed by atoms with Crippen LogP contribution in [0.1, 0.15) is 48.6 Å². The molecule has 1 fully saturated rings. The van der Waals surface area contributed by atoms with Gasteiger partial charge in [-0.2, -0.15) is 4.98 Å². The smallest absolute Gasteiger partial charge is 0.309 e. The Morgan fingerprint density at radius 3 is 2.86 bits per heavy atom. The molecule has 0 unspecified atom stereocenters. The van der Waals surface area contributed by atoms with E-state index < -0.39 is 0 Å². The van der Waals surface area contributed by atoms with Crippen molar-refractivity contribution in [3.05, 3.63) is 34.2 Å². The maximum atomic E-state index is 12.2. The molecule has 1 aromatic carbocycles. The highest BCUT2D eigenvalue weighted by Crippen LogP contribution is 2.40. The van der Waals surface area contributed by atoms with Crippen molar-refractivity contribution in [3.63, 3.8) is 0 Å². The molecule has 9 heteroatoms. The number of hydrogen-bond donors (Lipinski definition) is 1. The molecular formula is C27H32N4O4S. The minimum Gasteiger partial charge on any atom is -0.466 e. The molecule has 0 saturated carbocycles. The second-order valence-electron chi connectivity index (χ2n) is 9.64. The van der Waals surface area contributed by atoms with Crippen LogP contribution in [-0.2, 0) is 28.8 Å². The summed E-state index contributed by atoms with van der Waals surface area (Å²) < 4.78 is 16.2. The number of thiophene rings is 1. The summed E-state index contributed by atoms with van der Waals surface area (Å²) >= 11 is 1.83. The molecule has 2 aliphatic heterocycles. The molecule has 0 atom stereocenters. The number of anilines is 2. The first-order valence-corrected chi connectivity index (χ1v) is 13.9. The molecule has 0 amide bonds. The highest BCUT2D eigenvalue weighted by atomic mass is 32.1. The van der Waals surface area contributed by atoms with Crippen molar-refractivity contribution < 1.29 is 19.0 Å². The maximum Gasteiger partial charge on any atom is 0.309 e. The minimum absolute atomic E-state index is 0.0294.